The Hall–Kier alpha value is -2.39. The molecule has 0 bridgehead atoms. The summed E-state index contributed by atoms with van der Waals surface area (Å²) in [6.07, 6.45) is -2.13. The molecule has 6 nitrogen and oxygen atoms in total. The molecule has 0 spiro atoms. The van der Waals surface area contributed by atoms with Gasteiger partial charge in [0.2, 0.25) is 0 Å². The van der Waals surface area contributed by atoms with E-state index >= 15 is 0 Å². The van der Waals surface area contributed by atoms with Crippen LogP contribution in [0.1, 0.15) is 22.0 Å². The first-order chi connectivity index (χ1) is 12.9. The number of morpholine rings is 1. The zero-order valence-corrected chi connectivity index (χ0v) is 14.7. The summed E-state index contributed by atoms with van der Waals surface area (Å²) in [4.78, 5) is 14.6. The molecule has 1 aromatic heterocycles. The van der Waals surface area contributed by atoms with Crippen LogP contribution >= 0.6 is 0 Å². The molecule has 1 amide bonds. The van der Waals surface area contributed by atoms with Crippen molar-refractivity contribution in [2.75, 3.05) is 32.8 Å². The van der Waals surface area contributed by atoms with Crippen molar-refractivity contribution in [1.29, 1.82) is 0 Å². The van der Waals surface area contributed by atoms with Crippen molar-refractivity contribution >= 4 is 5.91 Å². The maximum absolute atomic E-state index is 12.4. The van der Waals surface area contributed by atoms with E-state index in [1.807, 2.05) is 30.3 Å². The first-order valence-electron chi connectivity index (χ1n) is 8.66. The Morgan fingerprint density at radius 3 is 2.59 bits per heavy atom. The van der Waals surface area contributed by atoms with E-state index < -0.39 is 18.6 Å². The number of aromatic nitrogens is 2. The highest BCUT2D eigenvalue weighted by Crippen LogP contribution is 2.21. The number of benzene rings is 1. The van der Waals surface area contributed by atoms with Gasteiger partial charge in [-0.25, -0.2) is 0 Å². The summed E-state index contributed by atoms with van der Waals surface area (Å²) < 4.78 is 43.4. The second-order valence-electron chi connectivity index (χ2n) is 6.33. The summed E-state index contributed by atoms with van der Waals surface area (Å²) in [5.74, 6) is -0.447. The van der Waals surface area contributed by atoms with Crippen molar-refractivity contribution in [2.45, 2.75) is 18.8 Å². The molecule has 2 heterocycles. The normalized spacial score (nSPS) is 16.9. The minimum absolute atomic E-state index is 0.0377. The summed E-state index contributed by atoms with van der Waals surface area (Å²) in [7, 11) is 0. The van der Waals surface area contributed by atoms with Crippen molar-refractivity contribution in [1.82, 2.24) is 20.0 Å². The summed E-state index contributed by atoms with van der Waals surface area (Å²) in [5.41, 5.74) is 1.17. The van der Waals surface area contributed by atoms with Gasteiger partial charge in [0.25, 0.3) is 5.91 Å². The monoisotopic (exact) mass is 382 g/mol. The Morgan fingerprint density at radius 2 is 1.93 bits per heavy atom. The Kier molecular flexibility index (Phi) is 6.12. The van der Waals surface area contributed by atoms with Gasteiger partial charge in [-0.05, 0) is 5.56 Å². The van der Waals surface area contributed by atoms with Crippen LogP contribution in [0.3, 0.4) is 0 Å². The lowest BCUT2D eigenvalue weighted by atomic mass is 10.0. The fraction of sp³-hybridized carbons (Fsp3) is 0.444. The van der Waals surface area contributed by atoms with Crippen LogP contribution in [0.15, 0.2) is 42.7 Å². The summed E-state index contributed by atoms with van der Waals surface area (Å²) in [6, 6.07) is 9.75. The van der Waals surface area contributed by atoms with Crippen LogP contribution in [0.2, 0.25) is 0 Å². The van der Waals surface area contributed by atoms with E-state index in [4.69, 9.17) is 4.74 Å². The average molecular weight is 382 g/mol. The maximum atomic E-state index is 12.4. The second-order valence-corrected chi connectivity index (χ2v) is 6.33. The van der Waals surface area contributed by atoms with Crippen molar-refractivity contribution in [3.63, 3.8) is 0 Å². The first-order valence-corrected chi connectivity index (χ1v) is 8.66. The van der Waals surface area contributed by atoms with Crippen LogP contribution in [0.25, 0.3) is 0 Å². The molecule has 1 N–H and O–H groups in total. The van der Waals surface area contributed by atoms with Crippen LogP contribution in [-0.4, -0.2) is 59.6 Å². The topological polar surface area (TPSA) is 59.4 Å². The van der Waals surface area contributed by atoms with E-state index in [-0.39, 0.29) is 11.6 Å². The van der Waals surface area contributed by atoms with Gasteiger partial charge in [0.15, 0.2) is 0 Å². The van der Waals surface area contributed by atoms with E-state index in [0.717, 1.165) is 31.0 Å². The molecule has 9 heteroatoms. The molecule has 1 aromatic carbocycles. The van der Waals surface area contributed by atoms with Gasteiger partial charge in [0.1, 0.15) is 6.54 Å². The van der Waals surface area contributed by atoms with Gasteiger partial charge >= 0.3 is 6.18 Å². The van der Waals surface area contributed by atoms with Gasteiger partial charge in [0, 0.05) is 25.8 Å². The number of ether oxygens (including phenoxy) is 1. The first kappa shape index (κ1) is 19.4. The Labute approximate surface area is 154 Å². The molecule has 146 valence electrons. The molecule has 1 atom stereocenters. The molecule has 27 heavy (non-hydrogen) atoms. The highest BCUT2D eigenvalue weighted by molar-refractivity contribution is 5.93. The van der Waals surface area contributed by atoms with Crippen LogP contribution in [0, 0.1) is 0 Å². The number of alkyl halides is 3. The van der Waals surface area contributed by atoms with Gasteiger partial charge in [-0.2, -0.15) is 18.3 Å². The van der Waals surface area contributed by atoms with E-state index in [0.29, 0.717) is 24.4 Å². The van der Waals surface area contributed by atoms with Gasteiger partial charge in [-0.15, -0.1) is 0 Å². The molecule has 1 unspecified atom stereocenters. The second kappa shape index (κ2) is 8.53. The largest absolute Gasteiger partial charge is 0.408 e. The van der Waals surface area contributed by atoms with Gasteiger partial charge in [-0.3, -0.25) is 14.4 Å². The van der Waals surface area contributed by atoms with E-state index in [9.17, 15) is 18.0 Å². The summed E-state index contributed by atoms with van der Waals surface area (Å²) in [5, 5.41) is 6.42. The number of hydrogen-bond acceptors (Lipinski definition) is 4. The number of hydrogen-bond donors (Lipinski definition) is 1. The third-order valence-corrected chi connectivity index (χ3v) is 4.36. The highest BCUT2D eigenvalue weighted by atomic mass is 19.4. The highest BCUT2D eigenvalue weighted by Gasteiger charge is 2.29. The molecule has 1 aliphatic rings. The molecule has 1 fully saturated rings. The number of nitrogens with zero attached hydrogens (tertiary/aromatic N) is 3. The lowest BCUT2D eigenvalue weighted by Crippen LogP contribution is -2.43. The third-order valence-electron chi connectivity index (χ3n) is 4.36. The fourth-order valence-electron chi connectivity index (χ4n) is 3.06. The zero-order chi connectivity index (χ0) is 19.3. The Morgan fingerprint density at radius 1 is 1.22 bits per heavy atom. The lowest BCUT2D eigenvalue weighted by Gasteiger charge is -2.34. The van der Waals surface area contributed by atoms with Crippen molar-refractivity contribution in [2.24, 2.45) is 0 Å². The van der Waals surface area contributed by atoms with E-state index in [1.54, 1.807) is 0 Å². The predicted molar refractivity (Wildman–Crippen MR) is 92.2 cm³/mol. The van der Waals surface area contributed by atoms with E-state index in [1.165, 1.54) is 0 Å². The molecular formula is C18H21F3N4O2. The summed E-state index contributed by atoms with van der Waals surface area (Å²) in [6.45, 7) is 1.87. The summed E-state index contributed by atoms with van der Waals surface area (Å²) >= 11 is 0. The average Bonchev–Trinajstić information content (AvgIpc) is 3.10. The van der Waals surface area contributed by atoms with Crippen LogP contribution in [0.5, 0.6) is 0 Å². The standard InChI is InChI=1S/C18H21F3N4O2/c19-18(20,21)13-25-12-15(10-23-25)17(26)22-11-16(14-4-2-1-3-5-14)24-6-8-27-9-7-24/h1-5,10,12,16H,6-9,11,13H2,(H,22,26). The molecular weight excluding hydrogens is 361 g/mol. The SMILES string of the molecule is O=C(NCC(c1ccccc1)N1CCOCC1)c1cnn(CC(F)(F)F)c1. The van der Waals surface area contributed by atoms with Gasteiger partial charge in [-0.1, -0.05) is 30.3 Å². The molecule has 3 rings (SSSR count). The lowest BCUT2D eigenvalue weighted by molar-refractivity contribution is -0.142. The number of rotatable bonds is 6. The molecule has 1 aliphatic heterocycles. The molecule has 2 aromatic rings. The van der Waals surface area contributed by atoms with Crippen LogP contribution in [-0.2, 0) is 11.3 Å². The third kappa shape index (κ3) is 5.54. The quantitative estimate of drug-likeness (QED) is 0.833. The minimum Gasteiger partial charge on any atom is -0.379 e. The number of nitrogens with one attached hydrogen (secondary N) is 1. The van der Waals surface area contributed by atoms with Crippen molar-refractivity contribution in [3.8, 4) is 0 Å². The smallest absolute Gasteiger partial charge is 0.379 e. The minimum atomic E-state index is -4.38. The number of carbonyl (C=O) groups is 1. The van der Waals surface area contributed by atoms with Crippen molar-refractivity contribution < 1.29 is 22.7 Å². The van der Waals surface area contributed by atoms with E-state index in [2.05, 4.69) is 15.3 Å². The van der Waals surface area contributed by atoms with Gasteiger partial charge in [0.05, 0.1) is 31.0 Å². The number of carbonyl (C=O) groups excluding carboxylic acids is 1. The molecule has 0 radical (unpaired) electrons. The molecule has 0 aliphatic carbocycles. The molecule has 0 saturated carbocycles. The molecule has 1 saturated heterocycles. The van der Waals surface area contributed by atoms with Gasteiger partial charge < -0.3 is 10.1 Å². The maximum Gasteiger partial charge on any atom is 0.408 e. The predicted octanol–water partition coefficient (Wildman–Crippen LogP) is 2.25. The van der Waals surface area contributed by atoms with Crippen LogP contribution in [0.4, 0.5) is 13.2 Å². The van der Waals surface area contributed by atoms with Crippen LogP contribution < -0.4 is 5.32 Å². The van der Waals surface area contributed by atoms with Crippen molar-refractivity contribution in [3.05, 3.63) is 53.9 Å². The number of amides is 1. The zero-order valence-electron chi connectivity index (χ0n) is 14.7. The Bertz CT molecular complexity index is 743. The number of halogens is 3. The Balaban J connectivity index is 1.65. The fourth-order valence-corrected chi connectivity index (χ4v) is 3.06.